The Balaban J connectivity index is 1.92. The van der Waals surface area contributed by atoms with Gasteiger partial charge < -0.3 is 15.3 Å². The molecule has 21 heavy (non-hydrogen) atoms. The fourth-order valence-electron chi connectivity index (χ4n) is 2.29. The van der Waals surface area contributed by atoms with Crippen molar-refractivity contribution in [3.63, 3.8) is 0 Å². The molecular weight excluding hydrogens is 285 g/mol. The fourth-order valence-corrected chi connectivity index (χ4v) is 2.29. The van der Waals surface area contributed by atoms with Crippen LogP contribution in [0.15, 0.2) is 24.3 Å². The van der Waals surface area contributed by atoms with Crippen LogP contribution < -0.4 is 5.32 Å². The van der Waals surface area contributed by atoms with Gasteiger partial charge in [0.1, 0.15) is 0 Å². The number of urea groups is 1. The number of nitrogens with one attached hydrogen (secondary N) is 1. The molecule has 0 bridgehead atoms. The summed E-state index contributed by atoms with van der Waals surface area (Å²) in [4.78, 5) is 13.4. The first-order chi connectivity index (χ1) is 9.86. The first-order valence-electron chi connectivity index (χ1n) is 6.73. The predicted molar refractivity (Wildman–Crippen MR) is 70.5 cm³/mol. The van der Waals surface area contributed by atoms with Gasteiger partial charge in [0.25, 0.3) is 0 Å². The van der Waals surface area contributed by atoms with Gasteiger partial charge in [0.2, 0.25) is 0 Å². The Morgan fingerprint density at radius 3 is 2.86 bits per heavy atom. The number of nitrogens with zero attached hydrogens (tertiary/aromatic N) is 1. The summed E-state index contributed by atoms with van der Waals surface area (Å²) in [5.41, 5.74) is -0.349. The Hall–Kier alpha value is -1.76. The van der Waals surface area contributed by atoms with Gasteiger partial charge in [0.05, 0.1) is 11.7 Å². The number of alkyl halides is 3. The first kappa shape index (κ1) is 15.6. The molecule has 1 atom stereocenters. The van der Waals surface area contributed by atoms with Crippen LogP contribution in [0.2, 0.25) is 0 Å². The summed E-state index contributed by atoms with van der Waals surface area (Å²) in [6.45, 7) is 0.829. The highest BCUT2D eigenvalue weighted by atomic mass is 19.4. The van der Waals surface area contributed by atoms with E-state index in [4.69, 9.17) is 0 Å². The van der Waals surface area contributed by atoms with Crippen LogP contribution in [0.1, 0.15) is 24.0 Å². The second kappa shape index (κ2) is 6.34. The van der Waals surface area contributed by atoms with Crippen molar-refractivity contribution in [2.45, 2.75) is 31.7 Å². The van der Waals surface area contributed by atoms with Crippen molar-refractivity contribution >= 4 is 6.03 Å². The van der Waals surface area contributed by atoms with Crippen LogP contribution in [-0.2, 0) is 12.7 Å². The smallest absolute Gasteiger partial charge is 0.391 e. The van der Waals surface area contributed by atoms with Crippen LogP contribution in [0.3, 0.4) is 0 Å². The summed E-state index contributed by atoms with van der Waals surface area (Å²) in [5.74, 6) is 0. The molecule has 1 heterocycles. The Labute approximate surface area is 120 Å². The van der Waals surface area contributed by atoms with E-state index in [1.54, 1.807) is 0 Å². The van der Waals surface area contributed by atoms with Gasteiger partial charge >= 0.3 is 12.2 Å². The summed E-state index contributed by atoms with van der Waals surface area (Å²) < 4.78 is 37.7. The number of carbonyl (C=O) groups is 1. The molecule has 0 spiro atoms. The Morgan fingerprint density at radius 1 is 1.43 bits per heavy atom. The fraction of sp³-hybridized carbons (Fsp3) is 0.500. The van der Waals surface area contributed by atoms with Crippen LogP contribution in [0, 0.1) is 0 Å². The van der Waals surface area contributed by atoms with Gasteiger partial charge in [0, 0.05) is 19.6 Å². The number of amides is 2. The Kier molecular flexibility index (Phi) is 4.72. The SMILES string of the molecule is O=C(NCc1cccc(C(F)(F)F)c1)N1CCCC(O)C1. The maximum atomic E-state index is 12.6. The average Bonchev–Trinajstić information content (AvgIpc) is 2.44. The average molecular weight is 302 g/mol. The molecule has 2 rings (SSSR count). The molecule has 2 N–H and O–H groups in total. The number of aliphatic hydroxyl groups excluding tert-OH is 1. The predicted octanol–water partition coefficient (Wildman–Crippen LogP) is 2.37. The van der Waals surface area contributed by atoms with E-state index in [1.165, 1.54) is 17.0 Å². The zero-order valence-electron chi connectivity index (χ0n) is 11.4. The van der Waals surface area contributed by atoms with Gasteiger partial charge in [-0.1, -0.05) is 12.1 Å². The van der Waals surface area contributed by atoms with Crippen LogP contribution in [-0.4, -0.2) is 35.2 Å². The molecule has 1 unspecified atom stereocenters. The maximum absolute atomic E-state index is 12.6. The van der Waals surface area contributed by atoms with Crippen LogP contribution in [0.5, 0.6) is 0 Å². The molecule has 4 nitrogen and oxygen atoms in total. The highest BCUT2D eigenvalue weighted by Crippen LogP contribution is 2.29. The van der Waals surface area contributed by atoms with Crippen molar-refractivity contribution in [2.75, 3.05) is 13.1 Å². The number of hydrogen-bond donors (Lipinski definition) is 2. The number of piperidine rings is 1. The van der Waals surface area contributed by atoms with Gasteiger partial charge in [-0.25, -0.2) is 4.79 Å². The third kappa shape index (κ3) is 4.35. The monoisotopic (exact) mass is 302 g/mol. The number of likely N-dealkylation sites (tertiary alicyclic amines) is 1. The molecule has 7 heteroatoms. The lowest BCUT2D eigenvalue weighted by atomic mass is 10.1. The highest BCUT2D eigenvalue weighted by molar-refractivity contribution is 5.74. The largest absolute Gasteiger partial charge is 0.416 e. The minimum atomic E-state index is -4.39. The lowest BCUT2D eigenvalue weighted by Gasteiger charge is -2.30. The molecule has 1 saturated heterocycles. The summed E-state index contributed by atoms with van der Waals surface area (Å²) in [6.07, 6.45) is -3.54. The standard InChI is InChI=1S/C14H17F3N2O2/c15-14(16,17)11-4-1-3-10(7-11)8-18-13(21)19-6-2-5-12(20)9-19/h1,3-4,7,12,20H,2,5-6,8-9H2,(H,18,21). The zero-order valence-corrected chi connectivity index (χ0v) is 11.4. The lowest BCUT2D eigenvalue weighted by Crippen LogP contribution is -2.46. The molecule has 0 aromatic heterocycles. The molecule has 1 aromatic rings. The topological polar surface area (TPSA) is 52.6 Å². The quantitative estimate of drug-likeness (QED) is 0.881. The van der Waals surface area contributed by atoms with Crippen LogP contribution in [0.4, 0.5) is 18.0 Å². The van der Waals surface area contributed by atoms with E-state index in [9.17, 15) is 23.1 Å². The van der Waals surface area contributed by atoms with E-state index < -0.39 is 17.8 Å². The third-order valence-corrected chi connectivity index (χ3v) is 3.38. The molecular formula is C14H17F3N2O2. The lowest BCUT2D eigenvalue weighted by molar-refractivity contribution is -0.137. The number of benzene rings is 1. The Bertz CT molecular complexity index is 505. The summed E-state index contributed by atoms with van der Waals surface area (Å²) >= 11 is 0. The Morgan fingerprint density at radius 2 is 2.19 bits per heavy atom. The summed E-state index contributed by atoms with van der Waals surface area (Å²) in [6, 6.07) is 4.49. The maximum Gasteiger partial charge on any atom is 0.416 e. The molecule has 116 valence electrons. The molecule has 0 saturated carbocycles. The number of aliphatic hydroxyl groups is 1. The molecule has 1 fully saturated rings. The van der Waals surface area contributed by atoms with Gasteiger partial charge in [-0.15, -0.1) is 0 Å². The number of halogens is 3. The molecule has 0 aliphatic carbocycles. The van der Waals surface area contributed by atoms with E-state index in [-0.39, 0.29) is 19.1 Å². The highest BCUT2D eigenvalue weighted by Gasteiger charge is 2.30. The second-order valence-corrected chi connectivity index (χ2v) is 5.10. The summed E-state index contributed by atoms with van der Waals surface area (Å²) in [7, 11) is 0. The van der Waals surface area contributed by atoms with Crippen molar-refractivity contribution in [3.05, 3.63) is 35.4 Å². The summed E-state index contributed by atoms with van der Waals surface area (Å²) in [5, 5.41) is 12.1. The molecule has 1 aromatic carbocycles. The number of rotatable bonds is 2. The number of carbonyl (C=O) groups excluding carboxylic acids is 1. The molecule has 1 aliphatic heterocycles. The van der Waals surface area contributed by atoms with Crippen molar-refractivity contribution < 1.29 is 23.1 Å². The second-order valence-electron chi connectivity index (χ2n) is 5.10. The molecule has 0 radical (unpaired) electrons. The van der Waals surface area contributed by atoms with Crippen molar-refractivity contribution in [1.29, 1.82) is 0 Å². The van der Waals surface area contributed by atoms with E-state index >= 15 is 0 Å². The van der Waals surface area contributed by atoms with E-state index in [0.29, 0.717) is 18.5 Å². The van der Waals surface area contributed by atoms with Crippen LogP contribution >= 0.6 is 0 Å². The van der Waals surface area contributed by atoms with E-state index in [0.717, 1.165) is 18.6 Å². The van der Waals surface area contributed by atoms with Crippen molar-refractivity contribution in [2.24, 2.45) is 0 Å². The minimum Gasteiger partial charge on any atom is -0.391 e. The molecule has 2 amide bonds. The van der Waals surface area contributed by atoms with Gasteiger partial charge in [-0.05, 0) is 30.5 Å². The minimum absolute atomic E-state index is 0.0232. The number of β-amino-alcohol motifs (C(OH)–C–C–N with tert-alkyl or cyclic N) is 1. The first-order valence-corrected chi connectivity index (χ1v) is 6.73. The van der Waals surface area contributed by atoms with Crippen molar-refractivity contribution in [3.8, 4) is 0 Å². The van der Waals surface area contributed by atoms with Gasteiger partial charge in [-0.3, -0.25) is 0 Å². The van der Waals surface area contributed by atoms with E-state index in [1.807, 2.05) is 0 Å². The third-order valence-electron chi connectivity index (χ3n) is 3.38. The van der Waals surface area contributed by atoms with Crippen molar-refractivity contribution in [1.82, 2.24) is 10.2 Å². The van der Waals surface area contributed by atoms with Gasteiger partial charge in [-0.2, -0.15) is 13.2 Å². The number of hydrogen-bond acceptors (Lipinski definition) is 2. The van der Waals surface area contributed by atoms with Crippen LogP contribution in [0.25, 0.3) is 0 Å². The van der Waals surface area contributed by atoms with Gasteiger partial charge in [0.15, 0.2) is 0 Å². The zero-order chi connectivity index (χ0) is 15.5. The normalized spacial score (nSPS) is 19.4. The van der Waals surface area contributed by atoms with E-state index in [2.05, 4.69) is 5.32 Å². The molecule has 1 aliphatic rings.